The minimum absolute atomic E-state index is 0.247. The summed E-state index contributed by atoms with van der Waals surface area (Å²) in [5, 5.41) is 0. The van der Waals surface area contributed by atoms with Gasteiger partial charge in [-0.1, -0.05) is 24.6 Å². The van der Waals surface area contributed by atoms with Crippen LogP contribution in [0.15, 0.2) is 46.3 Å². The Morgan fingerprint density at radius 3 is 2.77 bits per heavy atom. The fraction of sp³-hybridized carbons (Fsp3) is 0.412. The Balaban J connectivity index is 2.14. The highest BCUT2D eigenvalue weighted by Crippen LogP contribution is 2.27. The van der Waals surface area contributed by atoms with Gasteiger partial charge in [0.05, 0.1) is 18.2 Å². The van der Waals surface area contributed by atoms with E-state index in [-0.39, 0.29) is 5.92 Å². The van der Waals surface area contributed by atoms with Crippen LogP contribution in [0.25, 0.3) is 0 Å². The van der Waals surface area contributed by atoms with E-state index in [9.17, 15) is 0 Å². The van der Waals surface area contributed by atoms with Crippen LogP contribution in [0.3, 0.4) is 0 Å². The van der Waals surface area contributed by atoms with Gasteiger partial charge in [-0.3, -0.25) is 0 Å². The first-order chi connectivity index (χ1) is 10.5. The molecule has 1 aliphatic carbocycles. The number of allylic oxidation sites excluding steroid dienone is 4. The number of rotatable bonds is 4. The van der Waals surface area contributed by atoms with Crippen LogP contribution in [0.1, 0.15) is 19.7 Å². The number of halogens is 1. The summed E-state index contributed by atoms with van der Waals surface area (Å²) in [6, 6.07) is 0. The van der Waals surface area contributed by atoms with Gasteiger partial charge in [0.1, 0.15) is 11.6 Å². The maximum Gasteiger partial charge on any atom is 0.231 e. The van der Waals surface area contributed by atoms with Crippen LogP contribution in [-0.2, 0) is 4.74 Å². The monoisotopic (exact) mass is 364 g/mol. The lowest BCUT2D eigenvalue weighted by Crippen LogP contribution is -2.20. The van der Waals surface area contributed by atoms with Crippen molar-refractivity contribution in [2.24, 2.45) is 11.8 Å². The van der Waals surface area contributed by atoms with Crippen molar-refractivity contribution in [3.63, 3.8) is 0 Å². The van der Waals surface area contributed by atoms with E-state index < -0.39 is 0 Å². The number of hydrogen-bond acceptors (Lipinski definition) is 4. The molecule has 0 amide bonds. The zero-order valence-corrected chi connectivity index (χ0v) is 14.9. The van der Waals surface area contributed by atoms with Crippen LogP contribution in [-0.4, -0.2) is 23.7 Å². The van der Waals surface area contributed by atoms with Gasteiger partial charge in [0.15, 0.2) is 0 Å². The largest absolute Gasteiger partial charge is 0.497 e. The summed E-state index contributed by atoms with van der Waals surface area (Å²) >= 11 is 3.42. The van der Waals surface area contributed by atoms with Crippen molar-refractivity contribution in [3.05, 3.63) is 52.1 Å². The Hall–Kier alpha value is -1.62. The molecule has 0 aliphatic heterocycles. The zero-order chi connectivity index (χ0) is 16.1. The molecule has 1 aromatic rings. The van der Waals surface area contributed by atoms with E-state index in [1.165, 1.54) is 5.57 Å². The van der Waals surface area contributed by atoms with Gasteiger partial charge in [0.25, 0.3) is 0 Å². The lowest BCUT2D eigenvalue weighted by molar-refractivity contribution is 0.236. The molecule has 0 bridgehead atoms. The summed E-state index contributed by atoms with van der Waals surface area (Å²) in [7, 11) is 1.68. The third kappa shape index (κ3) is 4.19. The molecule has 118 valence electrons. The first-order valence-corrected chi connectivity index (χ1v) is 8.03. The van der Waals surface area contributed by atoms with Crippen molar-refractivity contribution < 1.29 is 9.47 Å². The molecular weight excluding hydrogens is 344 g/mol. The molecule has 0 saturated carbocycles. The van der Waals surface area contributed by atoms with Crippen molar-refractivity contribution in [2.75, 3.05) is 13.7 Å². The molecule has 1 unspecified atom stereocenters. The number of aromatic nitrogens is 2. The summed E-state index contributed by atoms with van der Waals surface area (Å²) in [5.41, 5.74) is 1.30. The normalized spacial score (nSPS) is 27.7. The molecule has 5 heteroatoms. The second-order valence-corrected chi connectivity index (χ2v) is 6.23. The molecule has 0 saturated heterocycles. The Morgan fingerprint density at radius 1 is 1.27 bits per heavy atom. The molecular formula is C17H21BrN2O2. The number of nitrogens with zero attached hydrogens (tertiary/aromatic N) is 2. The summed E-state index contributed by atoms with van der Waals surface area (Å²) in [5.74, 6) is 2.75. The van der Waals surface area contributed by atoms with E-state index in [4.69, 9.17) is 9.47 Å². The van der Waals surface area contributed by atoms with Crippen molar-refractivity contribution in [2.45, 2.75) is 20.8 Å². The van der Waals surface area contributed by atoms with Gasteiger partial charge in [0.2, 0.25) is 5.88 Å². The molecule has 0 N–H and O–H groups in total. The summed E-state index contributed by atoms with van der Waals surface area (Å²) in [4.78, 5) is 8.44. The molecule has 0 fully saturated rings. The van der Waals surface area contributed by atoms with Gasteiger partial charge < -0.3 is 9.47 Å². The van der Waals surface area contributed by atoms with Crippen molar-refractivity contribution in [3.8, 4) is 5.88 Å². The van der Waals surface area contributed by atoms with E-state index in [2.05, 4.69) is 51.9 Å². The number of methoxy groups -OCH3 is 1. The van der Waals surface area contributed by atoms with E-state index in [1.807, 2.05) is 19.1 Å². The maximum absolute atomic E-state index is 5.90. The summed E-state index contributed by atoms with van der Waals surface area (Å²) < 4.78 is 12.0. The van der Waals surface area contributed by atoms with Gasteiger partial charge in [0, 0.05) is 12.1 Å². The number of ether oxygens (including phenoxy) is 2. The molecule has 2 atom stereocenters. The SMILES string of the molecule is COC1=C/C=C(\C)[C@@H](C)C(COc2nc(C)ncc2Br)/C=C\1. The van der Waals surface area contributed by atoms with Crippen LogP contribution < -0.4 is 4.74 Å². The minimum atomic E-state index is 0.247. The molecule has 22 heavy (non-hydrogen) atoms. The molecule has 0 aromatic carbocycles. The highest BCUT2D eigenvalue weighted by molar-refractivity contribution is 9.10. The predicted molar refractivity (Wildman–Crippen MR) is 90.6 cm³/mol. The second-order valence-electron chi connectivity index (χ2n) is 5.38. The van der Waals surface area contributed by atoms with Gasteiger partial charge in [-0.25, -0.2) is 4.98 Å². The summed E-state index contributed by atoms with van der Waals surface area (Å²) in [6.45, 7) is 6.73. The van der Waals surface area contributed by atoms with E-state index in [1.54, 1.807) is 13.3 Å². The Morgan fingerprint density at radius 2 is 2.05 bits per heavy atom. The Labute approximate surface area is 140 Å². The van der Waals surface area contributed by atoms with Gasteiger partial charge in [-0.15, -0.1) is 0 Å². The van der Waals surface area contributed by atoms with Crippen LogP contribution in [0.4, 0.5) is 0 Å². The number of hydrogen-bond donors (Lipinski definition) is 0. The van der Waals surface area contributed by atoms with Gasteiger partial charge >= 0.3 is 0 Å². The molecule has 4 nitrogen and oxygen atoms in total. The Kier molecular flexibility index (Phi) is 5.77. The fourth-order valence-electron chi connectivity index (χ4n) is 2.19. The van der Waals surface area contributed by atoms with Crippen molar-refractivity contribution in [1.82, 2.24) is 9.97 Å². The second kappa shape index (κ2) is 7.58. The fourth-order valence-corrected chi connectivity index (χ4v) is 2.50. The first-order valence-electron chi connectivity index (χ1n) is 7.24. The van der Waals surface area contributed by atoms with E-state index >= 15 is 0 Å². The Bertz CT molecular complexity index is 623. The van der Waals surface area contributed by atoms with Crippen LogP contribution in [0.5, 0.6) is 5.88 Å². The van der Waals surface area contributed by atoms with Gasteiger partial charge in [-0.05, 0) is 47.8 Å². The number of aryl methyl sites for hydroxylation is 1. The van der Waals surface area contributed by atoms with Crippen molar-refractivity contribution in [1.29, 1.82) is 0 Å². The molecule has 1 aliphatic rings. The lowest BCUT2D eigenvalue weighted by atomic mass is 9.87. The molecule has 0 radical (unpaired) electrons. The van der Waals surface area contributed by atoms with Crippen LogP contribution in [0.2, 0.25) is 0 Å². The lowest BCUT2D eigenvalue weighted by Gasteiger charge is -2.23. The first kappa shape index (κ1) is 16.7. The van der Waals surface area contributed by atoms with Crippen molar-refractivity contribution >= 4 is 15.9 Å². The highest BCUT2D eigenvalue weighted by Gasteiger charge is 2.19. The average Bonchev–Trinajstić information content (AvgIpc) is 2.51. The van der Waals surface area contributed by atoms with Crippen LogP contribution in [0, 0.1) is 18.8 Å². The third-order valence-corrected chi connectivity index (χ3v) is 4.40. The highest BCUT2D eigenvalue weighted by atomic mass is 79.9. The predicted octanol–water partition coefficient (Wildman–Crippen LogP) is 4.23. The maximum atomic E-state index is 5.90. The standard InChI is InChI=1S/C17H21BrN2O2/c1-11-5-7-15(21-4)8-6-14(12(11)2)10-22-17-16(18)9-19-13(3)20-17/h5-9,12,14H,10H2,1-4H3/b8-6-,11-5+,15-7+/t12-,14?/m1/s1. The van der Waals surface area contributed by atoms with E-state index in [0.717, 1.165) is 10.2 Å². The third-order valence-electron chi connectivity index (χ3n) is 3.86. The molecule has 2 rings (SSSR count). The van der Waals surface area contributed by atoms with Gasteiger partial charge in [-0.2, -0.15) is 4.98 Å². The van der Waals surface area contributed by atoms with E-state index in [0.29, 0.717) is 24.2 Å². The smallest absolute Gasteiger partial charge is 0.231 e. The minimum Gasteiger partial charge on any atom is -0.497 e. The van der Waals surface area contributed by atoms with Crippen LogP contribution >= 0.6 is 15.9 Å². The molecule has 0 spiro atoms. The zero-order valence-electron chi connectivity index (χ0n) is 13.3. The summed E-state index contributed by atoms with van der Waals surface area (Å²) in [6.07, 6.45) is 9.94. The molecule has 1 heterocycles. The topological polar surface area (TPSA) is 44.2 Å². The molecule has 1 aromatic heterocycles. The quantitative estimate of drug-likeness (QED) is 0.801. The average molecular weight is 365 g/mol.